The molecule has 33 heavy (non-hydrogen) atoms. The van der Waals surface area contributed by atoms with Crippen molar-refractivity contribution in [3.05, 3.63) is 42.7 Å². The molecule has 2 nitrogen and oxygen atoms in total. The SMILES string of the molecule is CCCCCCCCCCCCCCCCN1C=CN(c2ccccc2)C1CCCCCC. The molecule has 1 aliphatic rings. The first-order chi connectivity index (χ1) is 16.4. The molecule has 1 aromatic rings. The van der Waals surface area contributed by atoms with Gasteiger partial charge in [-0.1, -0.05) is 135 Å². The summed E-state index contributed by atoms with van der Waals surface area (Å²) in [5.41, 5.74) is 1.33. The van der Waals surface area contributed by atoms with Gasteiger partial charge in [0.05, 0.1) is 0 Å². The zero-order chi connectivity index (χ0) is 23.4. The Balaban J connectivity index is 1.55. The van der Waals surface area contributed by atoms with Crippen molar-refractivity contribution < 1.29 is 0 Å². The molecule has 2 heteroatoms. The van der Waals surface area contributed by atoms with Gasteiger partial charge in [0, 0.05) is 24.6 Å². The highest BCUT2D eigenvalue weighted by Gasteiger charge is 2.26. The molecule has 0 saturated heterocycles. The molecular formula is C31H54N2. The topological polar surface area (TPSA) is 6.48 Å². The third kappa shape index (κ3) is 12.0. The summed E-state index contributed by atoms with van der Waals surface area (Å²) >= 11 is 0. The Bertz CT molecular complexity index is 582. The zero-order valence-corrected chi connectivity index (χ0v) is 22.2. The van der Waals surface area contributed by atoms with Gasteiger partial charge in [-0.3, -0.25) is 0 Å². The Morgan fingerprint density at radius 2 is 1.03 bits per heavy atom. The largest absolute Gasteiger partial charge is 0.356 e. The number of benzene rings is 1. The molecule has 0 aromatic heterocycles. The van der Waals surface area contributed by atoms with Crippen LogP contribution in [0.25, 0.3) is 0 Å². The smallest absolute Gasteiger partial charge is 0.105 e. The predicted molar refractivity (Wildman–Crippen MR) is 148 cm³/mol. The fraction of sp³-hybridized carbons (Fsp3) is 0.742. The number of rotatable bonds is 21. The third-order valence-electron chi connectivity index (χ3n) is 7.26. The highest BCUT2D eigenvalue weighted by atomic mass is 15.4. The summed E-state index contributed by atoms with van der Waals surface area (Å²) in [6, 6.07) is 10.9. The van der Waals surface area contributed by atoms with Gasteiger partial charge in [0.2, 0.25) is 0 Å². The lowest BCUT2D eigenvalue weighted by Gasteiger charge is -2.33. The Labute approximate surface area is 206 Å². The number of hydrogen-bond donors (Lipinski definition) is 0. The van der Waals surface area contributed by atoms with Crippen molar-refractivity contribution >= 4 is 5.69 Å². The van der Waals surface area contributed by atoms with Crippen LogP contribution in [0.3, 0.4) is 0 Å². The monoisotopic (exact) mass is 454 g/mol. The molecule has 0 fully saturated rings. The van der Waals surface area contributed by atoms with E-state index < -0.39 is 0 Å². The van der Waals surface area contributed by atoms with Crippen LogP contribution in [-0.4, -0.2) is 17.6 Å². The predicted octanol–water partition coefficient (Wildman–Crippen LogP) is 10.1. The molecule has 0 aliphatic carbocycles. The van der Waals surface area contributed by atoms with Crippen LogP contribution >= 0.6 is 0 Å². The summed E-state index contributed by atoms with van der Waals surface area (Å²) in [5.74, 6) is 0. The first-order valence-corrected chi connectivity index (χ1v) is 14.6. The molecule has 2 rings (SSSR count). The maximum absolute atomic E-state index is 2.61. The van der Waals surface area contributed by atoms with Gasteiger partial charge < -0.3 is 9.80 Å². The van der Waals surface area contributed by atoms with Crippen molar-refractivity contribution in [2.75, 3.05) is 11.4 Å². The summed E-state index contributed by atoms with van der Waals surface area (Å²) in [4.78, 5) is 5.11. The highest BCUT2D eigenvalue weighted by molar-refractivity contribution is 5.51. The van der Waals surface area contributed by atoms with Gasteiger partial charge in [-0.2, -0.15) is 0 Å². The van der Waals surface area contributed by atoms with E-state index in [2.05, 4.69) is 66.4 Å². The van der Waals surface area contributed by atoms with Gasteiger partial charge in [-0.05, 0) is 31.4 Å². The maximum atomic E-state index is 2.61. The lowest BCUT2D eigenvalue weighted by atomic mass is 10.0. The lowest BCUT2D eigenvalue weighted by Crippen LogP contribution is -2.39. The van der Waals surface area contributed by atoms with Crippen LogP contribution in [0.4, 0.5) is 5.69 Å². The van der Waals surface area contributed by atoms with E-state index >= 15 is 0 Å². The Morgan fingerprint density at radius 1 is 0.545 bits per heavy atom. The second-order valence-electron chi connectivity index (χ2n) is 10.2. The van der Waals surface area contributed by atoms with Crippen molar-refractivity contribution in [3.8, 4) is 0 Å². The van der Waals surface area contributed by atoms with Crippen molar-refractivity contribution in [1.82, 2.24) is 4.90 Å². The van der Waals surface area contributed by atoms with Crippen LogP contribution in [0.15, 0.2) is 42.7 Å². The van der Waals surface area contributed by atoms with Gasteiger partial charge >= 0.3 is 0 Å². The van der Waals surface area contributed by atoms with Crippen LogP contribution in [-0.2, 0) is 0 Å². The standard InChI is InChI=1S/C31H54N2/c1-3-5-7-9-10-11-12-13-14-15-16-17-18-23-27-32-28-29-33(30-24-20-19-21-25-30)31(32)26-22-8-6-4-2/h19-21,24-25,28-29,31H,3-18,22-23,26-27H2,1-2H3. The quantitative estimate of drug-likeness (QED) is 0.170. The Hall–Kier alpha value is -1.44. The van der Waals surface area contributed by atoms with E-state index in [1.807, 2.05) is 0 Å². The highest BCUT2D eigenvalue weighted by Crippen LogP contribution is 2.28. The van der Waals surface area contributed by atoms with E-state index in [1.165, 1.54) is 134 Å². The van der Waals surface area contributed by atoms with Gasteiger partial charge in [0.25, 0.3) is 0 Å². The molecule has 0 spiro atoms. The van der Waals surface area contributed by atoms with E-state index in [0.717, 1.165) is 0 Å². The van der Waals surface area contributed by atoms with Crippen molar-refractivity contribution in [2.45, 2.75) is 142 Å². The van der Waals surface area contributed by atoms with Crippen LogP contribution in [0.5, 0.6) is 0 Å². The van der Waals surface area contributed by atoms with E-state index in [1.54, 1.807) is 0 Å². The number of nitrogens with zero attached hydrogens (tertiary/aromatic N) is 2. The molecule has 1 atom stereocenters. The summed E-state index contributed by atoms with van der Waals surface area (Å²) in [6.07, 6.45) is 31.8. The second kappa shape index (κ2) is 18.9. The van der Waals surface area contributed by atoms with Gasteiger partial charge in [-0.15, -0.1) is 0 Å². The minimum atomic E-state index is 0.506. The maximum Gasteiger partial charge on any atom is 0.105 e. The number of para-hydroxylation sites is 1. The molecular weight excluding hydrogens is 400 g/mol. The molecule has 0 amide bonds. The van der Waals surface area contributed by atoms with Gasteiger partial charge in [0.15, 0.2) is 0 Å². The van der Waals surface area contributed by atoms with E-state index in [-0.39, 0.29) is 0 Å². The molecule has 0 saturated carbocycles. The van der Waals surface area contributed by atoms with Crippen LogP contribution in [0, 0.1) is 0 Å². The van der Waals surface area contributed by atoms with Crippen LogP contribution < -0.4 is 4.90 Å². The summed E-state index contributed by atoms with van der Waals surface area (Å²) in [7, 11) is 0. The molecule has 0 radical (unpaired) electrons. The van der Waals surface area contributed by atoms with E-state index in [9.17, 15) is 0 Å². The molecule has 0 N–H and O–H groups in total. The lowest BCUT2D eigenvalue weighted by molar-refractivity contribution is 0.273. The van der Waals surface area contributed by atoms with Crippen molar-refractivity contribution in [1.29, 1.82) is 0 Å². The molecule has 1 heterocycles. The van der Waals surface area contributed by atoms with E-state index in [4.69, 9.17) is 0 Å². The Kier molecular flexibility index (Phi) is 15.9. The number of anilines is 1. The summed E-state index contributed by atoms with van der Waals surface area (Å²) in [6.45, 7) is 5.81. The fourth-order valence-corrected chi connectivity index (χ4v) is 5.15. The Morgan fingerprint density at radius 3 is 1.58 bits per heavy atom. The second-order valence-corrected chi connectivity index (χ2v) is 10.2. The molecule has 188 valence electrons. The molecule has 1 aromatic carbocycles. The van der Waals surface area contributed by atoms with Crippen LogP contribution in [0.1, 0.15) is 136 Å². The van der Waals surface area contributed by atoms with Crippen molar-refractivity contribution in [2.24, 2.45) is 0 Å². The normalized spacial score (nSPS) is 15.6. The average Bonchev–Trinajstić information content (AvgIpc) is 3.25. The fourth-order valence-electron chi connectivity index (χ4n) is 5.15. The summed E-state index contributed by atoms with van der Waals surface area (Å²) in [5, 5.41) is 0. The zero-order valence-electron chi connectivity index (χ0n) is 22.2. The number of unbranched alkanes of at least 4 members (excludes halogenated alkanes) is 16. The van der Waals surface area contributed by atoms with Crippen molar-refractivity contribution in [3.63, 3.8) is 0 Å². The van der Waals surface area contributed by atoms with Crippen LogP contribution in [0.2, 0.25) is 0 Å². The molecule has 0 bridgehead atoms. The molecule has 1 aliphatic heterocycles. The first kappa shape index (κ1) is 27.8. The van der Waals surface area contributed by atoms with Gasteiger partial charge in [0.1, 0.15) is 6.17 Å². The van der Waals surface area contributed by atoms with Gasteiger partial charge in [-0.25, -0.2) is 0 Å². The summed E-state index contributed by atoms with van der Waals surface area (Å²) < 4.78 is 0. The average molecular weight is 455 g/mol. The third-order valence-corrected chi connectivity index (χ3v) is 7.26. The number of hydrogen-bond acceptors (Lipinski definition) is 2. The minimum absolute atomic E-state index is 0.506. The molecule has 1 unspecified atom stereocenters. The minimum Gasteiger partial charge on any atom is -0.356 e. The first-order valence-electron chi connectivity index (χ1n) is 14.6. The van der Waals surface area contributed by atoms with E-state index in [0.29, 0.717) is 6.17 Å².